The van der Waals surface area contributed by atoms with Gasteiger partial charge in [0, 0.05) is 32.2 Å². The summed E-state index contributed by atoms with van der Waals surface area (Å²) in [4.78, 5) is 2.52. The van der Waals surface area contributed by atoms with Gasteiger partial charge in [-0.05, 0) is 23.1 Å². The van der Waals surface area contributed by atoms with Crippen molar-refractivity contribution in [1.29, 1.82) is 0 Å². The van der Waals surface area contributed by atoms with Gasteiger partial charge in [-0.3, -0.25) is 4.90 Å². The Hall–Kier alpha value is -0.680. The summed E-state index contributed by atoms with van der Waals surface area (Å²) in [5.41, 5.74) is 1.33. The highest BCUT2D eigenvalue weighted by molar-refractivity contribution is 5.85. The van der Waals surface area contributed by atoms with E-state index in [1.165, 1.54) is 5.56 Å². The van der Waals surface area contributed by atoms with E-state index in [1.54, 1.807) is 13.2 Å². The third kappa shape index (κ3) is 4.92. The number of benzene rings is 1. The predicted octanol–water partition coefficient (Wildman–Crippen LogP) is 3.24. The molecule has 6 heteroatoms. The fraction of sp³-hybridized carbons (Fsp3) is 0.625. The lowest BCUT2D eigenvalue weighted by atomic mass is 9.81. The molecule has 1 aliphatic rings. The van der Waals surface area contributed by atoms with Crippen LogP contribution in [0.5, 0.6) is 11.5 Å². The molecule has 1 saturated heterocycles. The Morgan fingerprint density at radius 1 is 1.18 bits per heavy atom. The number of halogens is 2. The molecule has 4 nitrogen and oxygen atoms in total. The molecule has 1 aromatic rings. The summed E-state index contributed by atoms with van der Waals surface area (Å²) in [6.07, 6.45) is 0. The first kappa shape index (κ1) is 21.3. The zero-order valence-electron chi connectivity index (χ0n) is 13.8. The highest BCUT2D eigenvalue weighted by Crippen LogP contribution is 2.40. The average Bonchev–Trinajstić information content (AvgIpc) is 2.40. The molecule has 1 aromatic carbocycles. The maximum Gasteiger partial charge on any atom is 0.160 e. The highest BCUT2D eigenvalue weighted by atomic mass is 35.5. The summed E-state index contributed by atoms with van der Waals surface area (Å²) in [5.74, 6) is 0.746. The van der Waals surface area contributed by atoms with E-state index in [0.29, 0.717) is 11.8 Å². The van der Waals surface area contributed by atoms with Crippen molar-refractivity contribution in [3.05, 3.63) is 23.8 Å². The minimum atomic E-state index is 0. The van der Waals surface area contributed by atoms with Crippen molar-refractivity contribution in [3.63, 3.8) is 0 Å². The molecule has 22 heavy (non-hydrogen) atoms. The van der Waals surface area contributed by atoms with Gasteiger partial charge in [0.2, 0.25) is 0 Å². The van der Waals surface area contributed by atoms with Gasteiger partial charge in [0.15, 0.2) is 11.5 Å². The molecule has 1 heterocycles. The van der Waals surface area contributed by atoms with Crippen molar-refractivity contribution in [1.82, 2.24) is 10.2 Å². The second-order valence-electron chi connectivity index (χ2n) is 6.49. The van der Waals surface area contributed by atoms with Crippen molar-refractivity contribution >= 4 is 24.8 Å². The normalized spacial score (nSPS) is 17.1. The second kappa shape index (κ2) is 8.82. The van der Waals surface area contributed by atoms with Crippen molar-refractivity contribution in [2.45, 2.75) is 26.8 Å². The fourth-order valence-corrected chi connectivity index (χ4v) is 3.06. The van der Waals surface area contributed by atoms with Gasteiger partial charge in [-0.2, -0.15) is 0 Å². The van der Waals surface area contributed by atoms with Crippen LogP contribution in [-0.4, -0.2) is 43.3 Å². The van der Waals surface area contributed by atoms with Gasteiger partial charge in [0.1, 0.15) is 0 Å². The first-order valence-corrected chi connectivity index (χ1v) is 7.25. The molecular weight excluding hydrogens is 323 g/mol. The van der Waals surface area contributed by atoms with E-state index in [0.717, 1.165) is 26.2 Å². The number of hydrogen-bond acceptors (Lipinski definition) is 4. The van der Waals surface area contributed by atoms with Crippen molar-refractivity contribution in [2.24, 2.45) is 5.41 Å². The molecule has 0 aromatic heterocycles. The van der Waals surface area contributed by atoms with Crippen LogP contribution in [0.4, 0.5) is 0 Å². The number of nitrogens with one attached hydrogen (secondary N) is 1. The lowest BCUT2D eigenvalue weighted by molar-refractivity contribution is 0.0860. The number of phenols is 1. The Balaban J connectivity index is 0.00000220. The van der Waals surface area contributed by atoms with Gasteiger partial charge in [-0.1, -0.05) is 26.8 Å². The van der Waals surface area contributed by atoms with E-state index >= 15 is 0 Å². The van der Waals surface area contributed by atoms with Crippen LogP contribution in [0, 0.1) is 5.41 Å². The molecule has 0 saturated carbocycles. The van der Waals surface area contributed by atoms with Crippen LogP contribution in [-0.2, 0) is 0 Å². The standard InChI is InChI=1S/C16H26N2O2.2ClH/c1-16(2,3)15(18-9-7-17-8-10-18)12-5-6-13(19)14(11-12)20-4;;/h5-6,11,15,17,19H,7-10H2,1-4H3;2*1H/t15-;;/m1../s1. The third-order valence-corrected chi connectivity index (χ3v) is 3.86. The van der Waals surface area contributed by atoms with Crippen LogP contribution < -0.4 is 10.1 Å². The van der Waals surface area contributed by atoms with E-state index in [4.69, 9.17) is 4.74 Å². The maximum absolute atomic E-state index is 9.78. The Bertz CT molecular complexity index is 458. The van der Waals surface area contributed by atoms with Gasteiger partial charge in [-0.25, -0.2) is 0 Å². The van der Waals surface area contributed by atoms with E-state index < -0.39 is 0 Å². The largest absolute Gasteiger partial charge is 0.504 e. The van der Waals surface area contributed by atoms with Crippen LogP contribution in [0.1, 0.15) is 32.4 Å². The first-order chi connectivity index (χ1) is 9.43. The van der Waals surface area contributed by atoms with E-state index in [9.17, 15) is 5.11 Å². The van der Waals surface area contributed by atoms with Gasteiger partial charge >= 0.3 is 0 Å². The number of piperazine rings is 1. The number of methoxy groups -OCH3 is 1. The summed E-state index contributed by atoms with van der Waals surface area (Å²) in [6.45, 7) is 10.9. The Morgan fingerprint density at radius 2 is 1.77 bits per heavy atom. The minimum absolute atomic E-state index is 0. The number of phenolic OH excluding ortho intramolecular Hbond substituents is 1. The van der Waals surface area contributed by atoms with Gasteiger partial charge < -0.3 is 15.2 Å². The van der Waals surface area contributed by atoms with Crippen molar-refractivity contribution < 1.29 is 9.84 Å². The van der Waals surface area contributed by atoms with Crippen LogP contribution in [0.2, 0.25) is 0 Å². The molecular formula is C16H28Cl2N2O2. The fourth-order valence-electron chi connectivity index (χ4n) is 3.06. The van der Waals surface area contributed by atoms with E-state index in [1.807, 2.05) is 12.1 Å². The number of aromatic hydroxyl groups is 1. The summed E-state index contributed by atoms with van der Waals surface area (Å²) in [5, 5.41) is 13.2. The Morgan fingerprint density at radius 3 is 2.27 bits per heavy atom. The third-order valence-electron chi connectivity index (χ3n) is 3.86. The predicted molar refractivity (Wildman–Crippen MR) is 95.8 cm³/mol. The number of nitrogens with zero attached hydrogens (tertiary/aromatic N) is 1. The van der Waals surface area contributed by atoms with E-state index in [2.05, 4.69) is 31.0 Å². The Labute approximate surface area is 146 Å². The average molecular weight is 351 g/mol. The zero-order chi connectivity index (χ0) is 14.8. The highest BCUT2D eigenvalue weighted by Gasteiger charge is 2.32. The molecule has 0 amide bonds. The van der Waals surface area contributed by atoms with Crippen LogP contribution in [0.25, 0.3) is 0 Å². The molecule has 128 valence electrons. The molecule has 0 radical (unpaired) electrons. The smallest absolute Gasteiger partial charge is 0.160 e. The SMILES string of the molecule is COc1cc([C@@H](N2CCNCC2)C(C)(C)C)ccc1O.Cl.Cl. The number of hydrogen-bond donors (Lipinski definition) is 2. The Kier molecular flexibility index (Phi) is 8.55. The van der Waals surface area contributed by atoms with Gasteiger partial charge in [0.05, 0.1) is 7.11 Å². The van der Waals surface area contributed by atoms with Crippen LogP contribution >= 0.6 is 24.8 Å². The second-order valence-corrected chi connectivity index (χ2v) is 6.49. The zero-order valence-corrected chi connectivity index (χ0v) is 15.4. The monoisotopic (exact) mass is 350 g/mol. The van der Waals surface area contributed by atoms with E-state index in [-0.39, 0.29) is 36.0 Å². The van der Waals surface area contributed by atoms with Gasteiger partial charge in [-0.15, -0.1) is 24.8 Å². The molecule has 0 bridgehead atoms. The molecule has 2 rings (SSSR count). The van der Waals surface area contributed by atoms with Crippen LogP contribution in [0.3, 0.4) is 0 Å². The molecule has 0 aliphatic carbocycles. The molecule has 1 aliphatic heterocycles. The topological polar surface area (TPSA) is 44.7 Å². The first-order valence-electron chi connectivity index (χ1n) is 7.25. The van der Waals surface area contributed by atoms with Crippen molar-refractivity contribution in [3.8, 4) is 11.5 Å². The summed E-state index contributed by atoms with van der Waals surface area (Å²) in [6, 6.07) is 6.03. The summed E-state index contributed by atoms with van der Waals surface area (Å²) in [7, 11) is 1.59. The molecule has 2 N–H and O–H groups in total. The summed E-state index contributed by atoms with van der Waals surface area (Å²) >= 11 is 0. The number of rotatable bonds is 3. The minimum Gasteiger partial charge on any atom is -0.504 e. The molecule has 1 atom stereocenters. The number of ether oxygens (including phenoxy) is 1. The molecule has 0 unspecified atom stereocenters. The summed E-state index contributed by atoms with van der Waals surface area (Å²) < 4.78 is 5.25. The van der Waals surface area contributed by atoms with Gasteiger partial charge in [0.25, 0.3) is 0 Å². The molecule has 0 spiro atoms. The lowest BCUT2D eigenvalue weighted by Gasteiger charge is -2.42. The quantitative estimate of drug-likeness (QED) is 0.878. The lowest BCUT2D eigenvalue weighted by Crippen LogP contribution is -2.48. The van der Waals surface area contributed by atoms with Crippen molar-refractivity contribution in [2.75, 3.05) is 33.3 Å². The maximum atomic E-state index is 9.78. The molecule has 1 fully saturated rings. The van der Waals surface area contributed by atoms with Crippen LogP contribution in [0.15, 0.2) is 18.2 Å².